The summed E-state index contributed by atoms with van der Waals surface area (Å²) in [6.45, 7) is 6.44. The SMILES string of the molecule is CCCSc1ccc(CC(C)N)c(C)c1. The Morgan fingerprint density at radius 2 is 2.13 bits per heavy atom. The third kappa shape index (κ3) is 4.27. The Labute approximate surface area is 97.4 Å². The number of rotatable bonds is 5. The van der Waals surface area contributed by atoms with E-state index < -0.39 is 0 Å². The Kier molecular flexibility index (Phi) is 5.20. The molecule has 0 spiro atoms. The van der Waals surface area contributed by atoms with Crippen molar-refractivity contribution in [3.63, 3.8) is 0 Å². The van der Waals surface area contributed by atoms with E-state index >= 15 is 0 Å². The number of hydrogen-bond acceptors (Lipinski definition) is 2. The van der Waals surface area contributed by atoms with Crippen LogP contribution in [0, 0.1) is 6.92 Å². The molecule has 0 amide bonds. The van der Waals surface area contributed by atoms with E-state index in [1.807, 2.05) is 11.8 Å². The normalized spacial score (nSPS) is 12.8. The van der Waals surface area contributed by atoms with Crippen molar-refractivity contribution in [3.05, 3.63) is 29.3 Å². The monoisotopic (exact) mass is 223 g/mol. The average molecular weight is 223 g/mol. The summed E-state index contributed by atoms with van der Waals surface area (Å²) in [4.78, 5) is 1.38. The lowest BCUT2D eigenvalue weighted by Gasteiger charge is -2.10. The Morgan fingerprint density at radius 3 is 2.67 bits per heavy atom. The van der Waals surface area contributed by atoms with Crippen molar-refractivity contribution in [1.82, 2.24) is 0 Å². The van der Waals surface area contributed by atoms with Gasteiger partial charge in [-0.2, -0.15) is 0 Å². The Morgan fingerprint density at radius 1 is 1.40 bits per heavy atom. The molecule has 1 atom stereocenters. The van der Waals surface area contributed by atoms with Gasteiger partial charge in [-0.25, -0.2) is 0 Å². The third-order valence-corrected chi connectivity index (χ3v) is 3.53. The molecule has 84 valence electrons. The Hall–Kier alpha value is -0.470. The first kappa shape index (κ1) is 12.6. The molecular formula is C13H21NS. The molecular weight excluding hydrogens is 202 g/mol. The van der Waals surface area contributed by atoms with Crippen molar-refractivity contribution in [1.29, 1.82) is 0 Å². The van der Waals surface area contributed by atoms with E-state index in [0.29, 0.717) is 0 Å². The second kappa shape index (κ2) is 6.19. The van der Waals surface area contributed by atoms with Gasteiger partial charge in [0.15, 0.2) is 0 Å². The van der Waals surface area contributed by atoms with Crippen molar-refractivity contribution in [2.45, 2.75) is 44.6 Å². The van der Waals surface area contributed by atoms with Gasteiger partial charge in [-0.3, -0.25) is 0 Å². The van der Waals surface area contributed by atoms with Crippen LogP contribution in [-0.2, 0) is 6.42 Å². The molecule has 1 aromatic carbocycles. The van der Waals surface area contributed by atoms with Crippen molar-refractivity contribution < 1.29 is 0 Å². The summed E-state index contributed by atoms with van der Waals surface area (Å²) in [6, 6.07) is 6.96. The highest BCUT2D eigenvalue weighted by Gasteiger charge is 2.03. The summed E-state index contributed by atoms with van der Waals surface area (Å²) in [5.74, 6) is 1.20. The molecule has 0 aromatic heterocycles. The molecule has 0 aliphatic rings. The van der Waals surface area contributed by atoms with Gasteiger partial charge in [0.05, 0.1) is 0 Å². The van der Waals surface area contributed by atoms with Crippen LogP contribution in [0.1, 0.15) is 31.4 Å². The molecule has 1 nitrogen and oxygen atoms in total. The zero-order valence-electron chi connectivity index (χ0n) is 9.92. The van der Waals surface area contributed by atoms with Gasteiger partial charge >= 0.3 is 0 Å². The molecule has 0 aliphatic heterocycles. The van der Waals surface area contributed by atoms with Crippen LogP contribution in [0.4, 0.5) is 0 Å². The Balaban J connectivity index is 2.70. The molecule has 1 unspecified atom stereocenters. The van der Waals surface area contributed by atoms with Crippen LogP contribution >= 0.6 is 11.8 Å². The molecule has 0 fully saturated rings. The zero-order valence-corrected chi connectivity index (χ0v) is 10.7. The number of nitrogens with two attached hydrogens (primary N) is 1. The van der Waals surface area contributed by atoms with E-state index in [-0.39, 0.29) is 6.04 Å². The third-order valence-electron chi connectivity index (χ3n) is 2.33. The van der Waals surface area contributed by atoms with Gasteiger partial charge in [-0.05, 0) is 55.7 Å². The summed E-state index contributed by atoms with van der Waals surface area (Å²) >= 11 is 1.93. The number of benzene rings is 1. The summed E-state index contributed by atoms with van der Waals surface area (Å²) in [5.41, 5.74) is 8.56. The molecule has 2 heteroatoms. The summed E-state index contributed by atoms with van der Waals surface area (Å²) < 4.78 is 0. The van der Waals surface area contributed by atoms with E-state index in [4.69, 9.17) is 5.73 Å². The first-order chi connectivity index (χ1) is 7.13. The lowest BCUT2D eigenvalue weighted by Crippen LogP contribution is -2.18. The van der Waals surface area contributed by atoms with Crippen LogP contribution < -0.4 is 5.73 Å². The van der Waals surface area contributed by atoms with Gasteiger partial charge in [0, 0.05) is 10.9 Å². The quantitative estimate of drug-likeness (QED) is 0.774. The first-order valence-corrected chi connectivity index (χ1v) is 6.60. The first-order valence-electron chi connectivity index (χ1n) is 5.61. The van der Waals surface area contributed by atoms with Gasteiger partial charge in [-0.1, -0.05) is 13.0 Å². The zero-order chi connectivity index (χ0) is 11.3. The average Bonchev–Trinajstić information content (AvgIpc) is 2.18. The second-order valence-corrected chi connectivity index (χ2v) is 5.29. The van der Waals surface area contributed by atoms with Crippen molar-refractivity contribution in [2.75, 3.05) is 5.75 Å². The fourth-order valence-electron chi connectivity index (χ4n) is 1.55. The van der Waals surface area contributed by atoms with Crippen molar-refractivity contribution in [3.8, 4) is 0 Å². The summed E-state index contributed by atoms with van der Waals surface area (Å²) in [5, 5.41) is 0. The van der Waals surface area contributed by atoms with Crippen LogP contribution in [-0.4, -0.2) is 11.8 Å². The highest BCUT2D eigenvalue weighted by Crippen LogP contribution is 2.22. The fraction of sp³-hybridized carbons (Fsp3) is 0.538. The summed E-state index contributed by atoms with van der Waals surface area (Å²) in [6.07, 6.45) is 2.20. The van der Waals surface area contributed by atoms with E-state index in [1.165, 1.54) is 28.2 Å². The van der Waals surface area contributed by atoms with Gasteiger partial charge in [0.2, 0.25) is 0 Å². The predicted molar refractivity (Wildman–Crippen MR) is 69.5 cm³/mol. The second-order valence-electron chi connectivity index (χ2n) is 4.12. The predicted octanol–water partition coefficient (Wildman–Crippen LogP) is 3.39. The molecule has 1 rings (SSSR count). The minimum absolute atomic E-state index is 0.248. The van der Waals surface area contributed by atoms with E-state index in [2.05, 4.69) is 39.0 Å². The van der Waals surface area contributed by atoms with Gasteiger partial charge < -0.3 is 5.73 Å². The number of hydrogen-bond donors (Lipinski definition) is 1. The lowest BCUT2D eigenvalue weighted by atomic mass is 10.0. The minimum atomic E-state index is 0.248. The van der Waals surface area contributed by atoms with E-state index in [1.54, 1.807) is 0 Å². The van der Waals surface area contributed by atoms with Crippen LogP contribution in [0.2, 0.25) is 0 Å². The molecule has 2 N–H and O–H groups in total. The van der Waals surface area contributed by atoms with E-state index in [9.17, 15) is 0 Å². The molecule has 0 saturated heterocycles. The van der Waals surface area contributed by atoms with Crippen molar-refractivity contribution in [2.24, 2.45) is 5.73 Å². The lowest BCUT2D eigenvalue weighted by molar-refractivity contribution is 0.734. The van der Waals surface area contributed by atoms with E-state index in [0.717, 1.165) is 6.42 Å². The van der Waals surface area contributed by atoms with Gasteiger partial charge in [-0.15, -0.1) is 11.8 Å². The fourth-order valence-corrected chi connectivity index (χ4v) is 2.42. The van der Waals surface area contributed by atoms with Gasteiger partial charge in [0.1, 0.15) is 0 Å². The molecule has 0 radical (unpaired) electrons. The number of aryl methyl sites for hydroxylation is 1. The molecule has 0 heterocycles. The maximum atomic E-state index is 5.81. The van der Waals surface area contributed by atoms with Crippen LogP contribution in [0.15, 0.2) is 23.1 Å². The highest BCUT2D eigenvalue weighted by atomic mass is 32.2. The topological polar surface area (TPSA) is 26.0 Å². The van der Waals surface area contributed by atoms with Gasteiger partial charge in [0.25, 0.3) is 0 Å². The van der Waals surface area contributed by atoms with Crippen LogP contribution in [0.5, 0.6) is 0 Å². The van der Waals surface area contributed by atoms with Crippen molar-refractivity contribution >= 4 is 11.8 Å². The minimum Gasteiger partial charge on any atom is -0.328 e. The Bertz CT molecular complexity index is 307. The molecule has 0 bridgehead atoms. The summed E-state index contributed by atoms with van der Waals surface area (Å²) in [7, 11) is 0. The molecule has 1 aromatic rings. The smallest absolute Gasteiger partial charge is 0.00747 e. The maximum absolute atomic E-state index is 5.81. The largest absolute Gasteiger partial charge is 0.328 e. The standard InChI is InChI=1S/C13H21NS/c1-4-7-15-13-6-5-12(9-11(3)14)10(2)8-13/h5-6,8,11H,4,7,9,14H2,1-3H3. The van der Waals surface area contributed by atoms with Crippen LogP contribution in [0.3, 0.4) is 0 Å². The van der Waals surface area contributed by atoms with Crippen LogP contribution in [0.25, 0.3) is 0 Å². The molecule has 15 heavy (non-hydrogen) atoms. The number of thioether (sulfide) groups is 1. The molecule has 0 aliphatic carbocycles. The molecule has 0 saturated carbocycles. The maximum Gasteiger partial charge on any atom is 0.00747 e. The highest BCUT2D eigenvalue weighted by molar-refractivity contribution is 7.99.